The van der Waals surface area contributed by atoms with E-state index < -0.39 is 0 Å². The lowest BCUT2D eigenvalue weighted by molar-refractivity contribution is 0.130. The SMILES string of the molecule is COCn1cnc(C#N)c1C#N. The molecule has 0 N–H and O–H groups in total. The van der Waals surface area contributed by atoms with Crippen molar-refractivity contribution in [2.75, 3.05) is 7.11 Å². The van der Waals surface area contributed by atoms with Crippen molar-refractivity contribution in [1.82, 2.24) is 9.55 Å². The molecule has 0 aliphatic carbocycles. The minimum atomic E-state index is 0.134. The summed E-state index contributed by atoms with van der Waals surface area (Å²) in [5.74, 6) is 0. The Kier molecular flexibility index (Phi) is 2.42. The summed E-state index contributed by atoms with van der Waals surface area (Å²) in [5.41, 5.74) is 0.369. The highest BCUT2D eigenvalue weighted by atomic mass is 16.5. The lowest BCUT2D eigenvalue weighted by atomic mass is 10.4. The van der Waals surface area contributed by atoms with E-state index in [1.165, 1.54) is 18.0 Å². The zero-order valence-electron chi connectivity index (χ0n) is 6.48. The fraction of sp³-hybridized carbons (Fsp3) is 0.286. The molecule has 0 amide bonds. The number of hydrogen-bond acceptors (Lipinski definition) is 4. The second-order valence-electron chi connectivity index (χ2n) is 2.05. The normalized spacial score (nSPS) is 8.92. The second kappa shape index (κ2) is 3.51. The van der Waals surface area contributed by atoms with E-state index in [1.807, 2.05) is 12.1 Å². The Morgan fingerprint density at radius 2 is 2.33 bits per heavy atom. The van der Waals surface area contributed by atoms with Gasteiger partial charge in [-0.25, -0.2) is 4.98 Å². The van der Waals surface area contributed by atoms with Crippen molar-refractivity contribution in [3.63, 3.8) is 0 Å². The largest absolute Gasteiger partial charge is 0.364 e. The highest BCUT2D eigenvalue weighted by Crippen LogP contribution is 2.04. The molecule has 0 saturated carbocycles. The van der Waals surface area contributed by atoms with Gasteiger partial charge in [0.2, 0.25) is 0 Å². The minimum absolute atomic E-state index is 0.134. The molecule has 5 heteroatoms. The van der Waals surface area contributed by atoms with Crippen molar-refractivity contribution < 1.29 is 4.74 Å². The molecular formula is C7H6N4O. The van der Waals surface area contributed by atoms with Gasteiger partial charge >= 0.3 is 0 Å². The van der Waals surface area contributed by atoms with Crippen LogP contribution in [0.15, 0.2) is 6.33 Å². The molecule has 12 heavy (non-hydrogen) atoms. The van der Waals surface area contributed by atoms with Gasteiger partial charge in [0.15, 0.2) is 11.4 Å². The molecule has 0 aromatic carbocycles. The zero-order valence-corrected chi connectivity index (χ0v) is 6.48. The van der Waals surface area contributed by atoms with Gasteiger partial charge in [0.05, 0.1) is 6.33 Å². The van der Waals surface area contributed by atoms with Crippen molar-refractivity contribution in [3.05, 3.63) is 17.7 Å². The summed E-state index contributed by atoms with van der Waals surface area (Å²) in [7, 11) is 1.51. The number of methoxy groups -OCH3 is 1. The van der Waals surface area contributed by atoms with E-state index >= 15 is 0 Å². The first-order chi connectivity index (χ1) is 5.83. The van der Waals surface area contributed by atoms with Crippen LogP contribution in [0.2, 0.25) is 0 Å². The van der Waals surface area contributed by atoms with E-state index in [-0.39, 0.29) is 18.1 Å². The van der Waals surface area contributed by atoms with Crippen LogP contribution >= 0.6 is 0 Å². The molecule has 1 aromatic rings. The zero-order chi connectivity index (χ0) is 8.97. The number of rotatable bonds is 2. The van der Waals surface area contributed by atoms with Gasteiger partial charge in [0, 0.05) is 7.11 Å². The molecule has 0 radical (unpaired) electrons. The molecule has 0 saturated heterocycles. The number of nitrogens with zero attached hydrogens (tertiary/aromatic N) is 4. The third-order valence-electron chi connectivity index (χ3n) is 1.32. The minimum Gasteiger partial charge on any atom is -0.364 e. The fourth-order valence-corrected chi connectivity index (χ4v) is 0.818. The molecule has 60 valence electrons. The average Bonchev–Trinajstić information content (AvgIpc) is 2.47. The maximum atomic E-state index is 8.63. The Morgan fingerprint density at radius 1 is 1.58 bits per heavy atom. The van der Waals surface area contributed by atoms with E-state index in [1.54, 1.807) is 0 Å². The molecule has 0 bridgehead atoms. The van der Waals surface area contributed by atoms with Gasteiger partial charge in [0.1, 0.15) is 18.9 Å². The van der Waals surface area contributed by atoms with Crippen LogP contribution in [-0.2, 0) is 11.5 Å². The van der Waals surface area contributed by atoms with Crippen LogP contribution < -0.4 is 0 Å². The molecule has 0 spiro atoms. The first-order valence-electron chi connectivity index (χ1n) is 3.17. The number of aromatic nitrogens is 2. The van der Waals surface area contributed by atoms with Crippen molar-refractivity contribution in [1.29, 1.82) is 10.5 Å². The Morgan fingerprint density at radius 3 is 2.83 bits per heavy atom. The molecule has 0 aliphatic rings. The third kappa shape index (κ3) is 1.26. The number of imidazole rings is 1. The van der Waals surface area contributed by atoms with Crippen LogP contribution in [0.4, 0.5) is 0 Å². The quantitative estimate of drug-likeness (QED) is 0.623. The number of nitriles is 2. The smallest absolute Gasteiger partial charge is 0.176 e. The maximum Gasteiger partial charge on any atom is 0.176 e. The summed E-state index contributed by atoms with van der Waals surface area (Å²) in [5, 5.41) is 17.1. The van der Waals surface area contributed by atoms with Crippen LogP contribution in [-0.4, -0.2) is 16.7 Å². The van der Waals surface area contributed by atoms with E-state index in [2.05, 4.69) is 4.98 Å². The van der Waals surface area contributed by atoms with Gasteiger partial charge in [-0.1, -0.05) is 0 Å². The lowest BCUT2D eigenvalue weighted by Crippen LogP contribution is -2.01. The summed E-state index contributed by atoms with van der Waals surface area (Å²) in [6.07, 6.45) is 1.40. The highest BCUT2D eigenvalue weighted by molar-refractivity contribution is 5.35. The summed E-state index contributed by atoms with van der Waals surface area (Å²) in [4.78, 5) is 3.72. The van der Waals surface area contributed by atoms with Gasteiger partial charge in [-0.05, 0) is 0 Å². The van der Waals surface area contributed by atoms with Crippen molar-refractivity contribution in [3.8, 4) is 12.1 Å². The predicted molar refractivity (Wildman–Crippen MR) is 38.7 cm³/mol. The number of hydrogen-bond donors (Lipinski definition) is 0. The van der Waals surface area contributed by atoms with Gasteiger partial charge in [-0.15, -0.1) is 0 Å². The predicted octanol–water partition coefficient (Wildman–Crippen LogP) is 0.230. The van der Waals surface area contributed by atoms with Gasteiger partial charge in [0.25, 0.3) is 0 Å². The van der Waals surface area contributed by atoms with Crippen molar-refractivity contribution in [2.45, 2.75) is 6.73 Å². The van der Waals surface area contributed by atoms with Gasteiger partial charge in [-0.3, -0.25) is 4.57 Å². The maximum absolute atomic E-state index is 8.63. The van der Waals surface area contributed by atoms with Crippen LogP contribution in [0.3, 0.4) is 0 Å². The fourth-order valence-electron chi connectivity index (χ4n) is 0.818. The van der Waals surface area contributed by atoms with Crippen LogP contribution in [0.5, 0.6) is 0 Å². The van der Waals surface area contributed by atoms with Crippen LogP contribution in [0.1, 0.15) is 11.4 Å². The average molecular weight is 162 g/mol. The van der Waals surface area contributed by atoms with Crippen molar-refractivity contribution >= 4 is 0 Å². The molecule has 0 atom stereocenters. The van der Waals surface area contributed by atoms with E-state index in [0.29, 0.717) is 0 Å². The summed E-state index contributed by atoms with van der Waals surface area (Å²) >= 11 is 0. The molecule has 1 rings (SSSR count). The standard InChI is InChI=1S/C7H6N4O/c1-12-5-11-4-10-6(2-8)7(11)3-9/h4H,5H2,1H3. The Balaban J connectivity index is 3.09. The highest BCUT2D eigenvalue weighted by Gasteiger charge is 2.08. The Bertz CT molecular complexity index is 354. The van der Waals surface area contributed by atoms with Crippen LogP contribution in [0.25, 0.3) is 0 Å². The summed E-state index contributed by atoms with van der Waals surface area (Å²) in [6, 6.07) is 3.69. The Hall–Kier alpha value is -1.85. The molecule has 1 aromatic heterocycles. The van der Waals surface area contributed by atoms with Crippen molar-refractivity contribution in [2.24, 2.45) is 0 Å². The monoisotopic (exact) mass is 162 g/mol. The third-order valence-corrected chi connectivity index (χ3v) is 1.32. The molecule has 1 heterocycles. The summed E-state index contributed by atoms with van der Waals surface area (Å²) in [6.45, 7) is 0.234. The van der Waals surface area contributed by atoms with Gasteiger partial charge < -0.3 is 4.74 Å². The van der Waals surface area contributed by atoms with E-state index in [9.17, 15) is 0 Å². The van der Waals surface area contributed by atoms with Crippen LogP contribution in [0, 0.1) is 22.7 Å². The lowest BCUT2D eigenvalue weighted by Gasteiger charge is -1.98. The van der Waals surface area contributed by atoms with Gasteiger partial charge in [-0.2, -0.15) is 10.5 Å². The second-order valence-corrected chi connectivity index (χ2v) is 2.05. The molecule has 0 fully saturated rings. The Labute approximate surface area is 69.4 Å². The van der Waals surface area contributed by atoms with E-state index in [4.69, 9.17) is 15.3 Å². The van der Waals surface area contributed by atoms with E-state index in [0.717, 1.165) is 0 Å². The topological polar surface area (TPSA) is 74.6 Å². The molecule has 5 nitrogen and oxygen atoms in total. The first-order valence-corrected chi connectivity index (χ1v) is 3.17. The number of ether oxygens (including phenoxy) is 1. The summed E-state index contributed by atoms with van der Waals surface area (Å²) < 4.78 is 6.26. The molecule has 0 unspecified atom stereocenters. The molecular weight excluding hydrogens is 156 g/mol. The molecule has 0 aliphatic heterocycles. The first kappa shape index (κ1) is 8.25.